The van der Waals surface area contributed by atoms with Crippen molar-refractivity contribution in [3.05, 3.63) is 48.6 Å². The van der Waals surface area contributed by atoms with Gasteiger partial charge in [0.25, 0.3) is 5.91 Å². The molecule has 8 nitrogen and oxygen atoms in total. The molecule has 0 bridgehead atoms. The molecule has 210 valence electrons. The van der Waals surface area contributed by atoms with Gasteiger partial charge < -0.3 is 24.7 Å². The van der Waals surface area contributed by atoms with E-state index in [4.69, 9.17) is 0 Å². The second kappa shape index (κ2) is 10.7. The van der Waals surface area contributed by atoms with Crippen LogP contribution in [0.3, 0.4) is 0 Å². The summed E-state index contributed by atoms with van der Waals surface area (Å²) in [5, 5.41) is 9.41. The van der Waals surface area contributed by atoms with Crippen LogP contribution < -0.4 is 9.80 Å². The lowest BCUT2D eigenvalue weighted by Gasteiger charge is -2.37. The first kappa shape index (κ1) is 27.8. The van der Waals surface area contributed by atoms with Gasteiger partial charge in [0.05, 0.1) is 16.6 Å². The number of rotatable bonds is 8. The lowest BCUT2D eigenvalue weighted by Crippen LogP contribution is -2.53. The summed E-state index contributed by atoms with van der Waals surface area (Å²) in [6.07, 6.45) is 9.29. The summed E-state index contributed by atoms with van der Waals surface area (Å²) in [6.45, 7) is 9.40. The molecule has 0 radical (unpaired) electrons. The van der Waals surface area contributed by atoms with E-state index in [2.05, 4.69) is 30.9 Å². The highest BCUT2D eigenvalue weighted by Gasteiger charge is 2.73. The number of amides is 3. The van der Waals surface area contributed by atoms with E-state index in [1.165, 1.54) is 0 Å². The fraction of sp³-hybridized carbons (Fsp3) is 0.567. The number of hydrogen-bond acceptors (Lipinski definition) is 6. The second-order valence-corrected chi connectivity index (χ2v) is 12.9. The molecule has 9 heteroatoms. The van der Waals surface area contributed by atoms with Gasteiger partial charge in [-0.1, -0.05) is 24.3 Å². The number of fused-ring (bicyclic) bond motifs is 2. The van der Waals surface area contributed by atoms with E-state index in [0.29, 0.717) is 32.5 Å². The monoisotopic (exact) mass is 552 g/mol. The zero-order valence-corrected chi connectivity index (χ0v) is 24.2. The van der Waals surface area contributed by atoms with Crippen molar-refractivity contribution >= 4 is 40.9 Å². The van der Waals surface area contributed by atoms with Crippen molar-refractivity contribution in [1.29, 1.82) is 0 Å². The number of nitrogens with zero attached hydrogens (tertiary/aromatic N) is 4. The number of hydrogen-bond donors (Lipinski definition) is 1. The van der Waals surface area contributed by atoms with Crippen LogP contribution in [0.2, 0.25) is 0 Å². The van der Waals surface area contributed by atoms with Gasteiger partial charge in [-0.2, -0.15) is 0 Å². The van der Waals surface area contributed by atoms with Gasteiger partial charge in [0.15, 0.2) is 0 Å². The summed E-state index contributed by atoms with van der Waals surface area (Å²) in [4.78, 5) is 49.9. The number of carbonyl (C=O) groups is 3. The fourth-order valence-corrected chi connectivity index (χ4v) is 9.10. The highest BCUT2D eigenvalue weighted by molar-refractivity contribution is 8.02. The lowest BCUT2D eigenvalue weighted by molar-refractivity contribution is -0.143. The Hall–Kier alpha value is -2.78. The van der Waals surface area contributed by atoms with Crippen LogP contribution >= 0.6 is 11.8 Å². The first-order chi connectivity index (χ1) is 18.7. The van der Waals surface area contributed by atoms with E-state index >= 15 is 0 Å². The van der Waals surface area contributed by atoms with Gasteiger partial charge in [0, 0.05) is 62.5 Å². The van der Waals surface area contributed by atoms with Crippen LogP contribution in [0.5, 0.6) is 0 Å². The molecule has 5 atom stereocenters. The molecule has 1 spiro atoms. The number of benzene rings is 1. The van der Waals surface area contributed by atoms with Crippen molar-refractivity contribution in [2.75, 3.05) is 56.2 Å². The third-order valence-corrected chi connectivity index (χ3v) is 10.7. The largest absolute Gasteiger partial charge is 0.396 e. The molecule has 0 aromatic heterocycles. The normalized spacial score (nSPS) is 31.8. The van der Waals surface area contributed by atoms with Crippen molar-refractivity contribution < 1.29 is 19.5 Å². The van der Waals surface area contributed by atoms with Crippen LogP contribution in [-0.4, -0.2) is 94.5 Å². The van der Waals surface area contributed by atoms with E-state index in [1.54, 1.807) is 33.5 Å². The van der Waals surface area contributed by atoms with E-state index in [1.807, 2.05) is 43.3 Å². The summed E-state index contributed by atoms with van der Waals surface area (Å²) in [7, 11) is 1.78. The molecule has 3 amide bonds. The molecular weight excluding hydrogens is 512 g/mol. The Kier molecular flexibility index (Phi) is 7.59. The van der Waals surface area contributed by atoms with Crippen LogP contribution in [-0.2, 0) is 14.4 Å². The van der Waals surface area contributed by atoms with Gasteiger partial charge >= 0.3 is 0 Å². The molecule has 4 aliphatic rings. The molecule has 2 saturated heterocycles. The SMILES string of the molecule is CCN(CC)c1ccc(N2CC=C[C@]34S[C@]5(C)C=CCN(C)C(=O)[C@@H]5[C@H]3C(=O)N(CCCCO)C4C2=O)cc1. The Bertz CT molecular complexity index is 1180. The van der Waals surface area contributed by atoms with Gasteiger partial charge in [0.2, 0.25) is 11.8 Å². The average Bonchev–Trinajstić information content (AvgIpc) is 3.19. The van der Waals surface area contributed by atoms with Crippen molar-refractivity contribution in [2.45, 2.75) is 49.1 Å². The van der Waals surface area contributed by atoms with Crippen molar-refractivity contribution in [3.63, 3.8) is 0 Å². The Morgan fingerprint density at radius 1 is 0.949 bits per heavy atom. The van der Waals surface area contributed by atoms with Crippen LogP contribution in [0.4, 0.5) is 11.4 Å². The van der Waals surface area contributed by atoms with E-state index < -0.39 is 27.4 Å². The maximum absolute atomic E-state index is 14.5. The molecule has 5 rings (SSSR count). The zero-order valence-electron chi connectivity index (χ0n) is 23.4. The van der Waals surface area contributed by atoms with Crippen LogP contribution in [0.25, 0.3) is 0 Å². The third kappa shape index (κ3) is 4.38. The predicted molar refractivity (Wildman–Crippen MR) is 156 cm³/mol. The third-order valence-electron chi connectivity index (χ3n) is 8.86. The molecule has 1 unspecified atom stereocenters. The summed E-state index contributed by atoms with van der Waals surface area (Å²) in [5.74, 6) is -1.48. The van der Waals surface area contributed by atoms with E-state index in [9.17, 15) is 19.5 Å². The minimum absolute atomic E-state index is 0.0314. The predicted octanol–water partition coefficient (Wildman–Crippen LogP) is 2.92. The van der Waals surface area contributed by atoms with Crippen LogP contribution in [0.15, 0.2) is 48.6 Å². The molecular formula is C30H40N4O4S. The van der Waals surface area contributed by atoms with Crippen LogP contribution in [0, 0.1) is 11.8 Å². The van der Waals surface area contributed by atoms with Crippen molar-refractivity contribution in [2.24, 2.45) is 11.8 Å². The topological polar surface area (TPSA) is 84.4 Å². The van der Waals surface area contributed by atoms with Crippen molar-refractivity contribution in [3.8, 4) is 0 Å². The maximum Gasteiger partial charge on any atom is 0.251 e. The molecule has 4 heterocycles. The number of unbranched alkanes of at least 4 members (excludes halogenated alkanes) is 1. The highest BCUT2D eigenvalue weighted by atomic mass is 32.2. The number of thioether (sulfide) groups is 1. The summed E-state index contributed by atoms with van der Waals surface area (Å²) < 4.78 is -1.44. The quantitative estimate of drug-likeness (QED) is 0.395. The van der Waals surface area contributed by atoms with Gasteiger partial charge in [-0.25, -0.2) is 0 Å². The molecule has 2 fully saturated rings. The summed E-state index contributed by atoms with van der Waals surface area (Å²) >= 11 is 1.60. The standard InChI is InChI=1S/C30H40N4O4S/c1-5-32(6-2)21-11-13-22(14-12-21)33-19-10-16-30-24(23-26(36)31(4)17-9-15-29(23,3)39-30)27(37)34(18-7-8-20-35)25(30)28(33)38/h9-16,23-25,35H,5-8,17-20H2,1-4H3/t23-,24-,25?,29+,30-/m0/s1. The average molecular weight is 553 g/mol. The number of anilines is 2. The Balaban J connectivity index is 1.56. The molecule has 1 N–H and O–H groups in total. The number of likely N-dealkylation sites (N-methyl/N-ethyl adjacent to an activating group) is 1. The molecule has 39 heavy (non-hydrogen) atoms. The van der Waals surface area contributed by atoms with Crippen LogP contribution in [0.1, 0.15) is 33.6 Å². The summed E-state index contributed by atoms with van der Waals surface area (Å²) in [6, 6.07) is 7.33. The minimum atomic E-state index is -0.846. The van der Waals surface area contributed by atoms with Gasteiger partial charge in [-0.3, -0.25) is 14.4 Å². The van der Waals surface area contributed by atoms with Gasteiger partial charge in [-0.15, -0.1) is 11.8 Å². The Morgan fingerprint density at radius 2 is 1.64 bits per heavy atom. The molecule has 0 aliphatic carbocycles. The first-order valence-corrected chi connectivity index (χ1v) is 14.9. The van der Waals surface area contributed by atoms with Gasteiger partial charge in [0.1, 0.15) is 6.04 Å². The fourth-order valence-electron chi connectivity index (χ4n) is 6.94. The first-order valence-electron chi connectivity index (χ1n) is 14.1. The molecule has 1 aromatic carbocycles. The molecule has 1 aromatic rings. The Labute approximate surface area is 235 Å². The summed E-state index contributed by atoms with van der Waals surface area (Å²) in [5.41, 5.74) is 1.90. The smallest absolute Gasteiger partial charge is 0.251 e. The molecule has 4 aliphatic heterocycles. The van der Waals surface area contributed by atoms with Crippen molar-refractivity contribution in [1.82, 2.24) is 9.80 Å². The van der Waals surface area contributed by atoms with E-state index in [0.717, 1.165) is 24.5 Å². The van der Waals surface area contributed by atoms with E-state index in [-0.39, 0.29) is 24.3 Å². The number of aliphatic hydroxyl groups excluding tert-OH is 1. The maximum atomic E-state index is 14.5. The lowest BCUT2D eigenvalue weighted by atomic mass is 9.74. The number of aliphatic hydroxyl groups is 1. The Morgan fingerprint density at radius 3 is 2.31 bits per heavy atom. The van der Waals surface area contributed by atoms with Gasteiger partial charge in [-0.05, 0) is 57.9 Å². The molecule has 0 saturated carbocycles. The second-order valence-electron chi connectivity index (χ2n) is 11.1. The zero-order chi connectivity index (χ0) is 27.9. The highest BCUT2D eigenvalue weighted by Crippen LogP contribution is 2.65. The number of carbonyl (C=O) groups excluding carboxylic acids is 3. The minimum Gasteiger partial charge on any atom is -0.396 e. The number of likely N-dealkylation sites (tertiary alicyclic amines) is 1.